The van der Waals surface area contributed by atoms with Crippen molar-refractivity contribution >= 4 is 28.9 Å². The molecule has 4 rings (SSSR count). The van der Waals surface area contributed by atoms with Gasteiger partial charge in [-0.3, -0.25) is 0 Å². The summed E-state index contributed by atoms with van der Waals surface area (Å²) in [6, 6.07) is 5.87. The fourth-order valence-corrected chi connectivity index (χ4v) is 3.15. The van der Waals surface area contributed by atoms with E-state index in [4.69, 9.17) is 11.6 Å². The molecule has 0 bridgehead atoms. The Balaban J connectivity index is 1.92. The molecule has 0 atom stereocenters. The third kappa shape index (κ3) is 2.04. The molecular weight excluding hydrogens is 298 g/mol. The zero-order valence-electron chi connectivity index (χ0n) is 12.5. The third-order valence-electron chi connectivity index (χ3n) is 4.14. The van der Waals surface area contributed by atoms with E-state index in [-0.39, 0.29) is 0 Å². The van der Waals surface area contributed by atoms with E-state index in [0.29, 0.717) is 5.78 Å². The van der Waals surface area contributed by atoms with E-state index in [9.17, 15) is 0 Å². The number of nitrogens with zero attached hydrogens (tertiary/aromatic N) is 4. The zero-order chi connectivity index (χ0) is 15.3. The first-order valence-electron chi connectivity index (χ1n) is 7.41. The minimum atomic E-state index is 0.653. The molecule has 1 aliphatic rings. The molecule has 0 amide bonds. The first-order chi connectivity index (χ1) is 10.6. The summed E-state index contributed by atoms with van der Waals surface area (Å²) in [6.45, 7) is 3.89. The molecule has 0 fully saturated rings. The standard InChI is InChI=1S/C16H16ClN5/c1-9-12(17)6-4-7-13(9)19-15-11-5-3-8-14(11)20-16-18-10(2)21-22(15)16/h4,6-7,19H,3,5,8H2,1-2H3. The summed E-state index contributed by atoms with van der Waals surface area (Å²) in [5.74, 6) is 2.34. The first-order valence-corrected chi connectivity index (χ1v) is 7.78. The Labute approximate surface area is 133 Å². The summed E-state index contributed by atoms with van der Waals surface area (Å²) >= 11 is 6.23. The summed E-state index contributed by atoms with van der Waals surface area (Å²) in [6.07, 6.45) is 3.14. The third-order valence-corrected chi connectivity index (χ3v) is 4.55. The molecule has 112 valence electrons. The first kappa shape index (κ1) is 13.5. The summed E-state index contributed by atoms with van der Waals surface area (Å²) in [7, 11) is 0. The van der Waals surface area contributed by atoms with Gasteiger partial charge in [-0.2, -0.15) is 9.50 Å². The van der Waals surface area contributed by atoms with Crippen LogP contribution in [0.4, 0.5) is 11.5 Å². The van der Waals surface area contributed by atoms with E-state index in [1.165, 1.54) is 5.56 Å². The van der Waals surface area contributed by atoms with Gasteiger partial charge in [0.2, 0.25) is 0 Å². The second-order valence-corrected chi connectivity index (χ2v) is 6.05. The number of hydrogen-bond acceptors (Lipinski definition) is 4. The van der Waals surface area contributed by atoms with Gasteiger partial charge in [0, 0.05) is 16.3 Å². The molecule has 6 heteroatoms. The summed E-state index contributed by atoms with van der Waals surface area (Å²) in [5, 5.41) is 8.74. The number of fused-ring (bicyclic) bond motifs is 2. The maximum atomic E-state index is 6.23. The lowest BCUT2D eigenvalue weighted by atomic mass is 10.2. The summed E-state index contributed by atoms with van der Waals surface area (Å²) in [4.78, 5) is 9.05. The molecular formula is C16H16ClN5. The van der Waals surface area contributed by atoms with Crippen LogP contribution in [0.15, 0.2) is 18.2 Å². The van der Waals surface area contributed by atoms with Crippen molar-refractivity contribution in [1.82, 2.24) is 19.6 Å². The zero-order valence-corrected chi connectivity index (χ0v) is 13.3. The van der Waals surface area contributed by atoms with Crippen LogP contribution in [0, 0.1) is 13.8 Å². The maximum Gasteiger partial charge on any atom is 0.254 e. The van der Waals surface area contributed by atoms with Gasteiger partial charge in [-0.25, -0.2) is 4.98 Å². The van der Waals surface area contributed by atoms with Crippen LogP contribution < -0.4 is 5.32 Å². The number of nitrogens with one attached hydrogen (secondary N) is 1. The van der Waals surface area contributed by atoms with Gasteiger partial charge in [-0.05, 0) is 50.8 Å². The predicted molar refractivity (Wildman–Crippen MR) is 87.0 cm³/mol. The molecule has 0 saturated carbocycles. The fourth-order valence-electron chi connectivity index (χ4n) is 2.98. The molecule has 22 heavy (non-hydrogen) atoms. The van der Waals surface area contributed by atoms with Crippen LogP contribution in [0.1, 0.15) is 29.1 Å². The number of benzene rings is 1. The minimum Gasteiger partial charge on any atom is -0.340 e. The average Bonchev–Trinajstić information content (AvgIpc) is 3.08. The molecule has 0 radical (unpaired) electrons. The number of halogens is 1. The summed E-state index contributed by atoms with van der Waals surface area (Å²) in [5.41, 5.74) is 4.37. The molecule has 0 aliphatic heterocycles. The van der Waals surface area contributed by atoms with Crippen LogP contribution in [-0.4, -0.2) is 19.6 Å². The van der Waals surface area contributed by atoms with Crippen molar-refractivity contribution in [1.29, 1.82) is 0 Å². The number of hydrogen-bond donors (Lipinski definition) is 1. The van der Waals surface area contributed by atoms with Gasteiger partial charge < -0.3 is 5.32 Å². The van der Waals surface area contributed by atoms with Gasteiger partial charge >= 0.3 is 0 Å². The SMILES string of the molecule is Cc1nc2nc3c(c(Nc4cccc(Cl)c4C)n2n1)CCC3. The molecule has 2 aromatic heterocycles. The van der Waals surface area contributed by atoms with Crippen molar-refractivity contribution in [3.8, 4) is 0 Å². The van der Waals surface area contributed by atoms with Gasteiger partial charge in [-0.15, -0.1) is 5.10 Å². The van der Waals surface area contributed by atoms with E-state index < -0.39 is 0 Å². The van der Waals surface area contributed by atoms with Crippen molar-refractivity contribution in [2.75, 3.05) is 5.32 Å². The Morgan fingerprint density at radius 1 is 1.18 bits per heavy atom. The number of aromatic nitrogens is 4. The van der Waals surface area contributed by atoms with Crippen LogP contribution in [-0.2, 0) is 12.8 Å². The molecule has 3 aromatic rings. The van der Waals surface area contributed by atoms with Crippen LogP contribution >= 0.6 is 11.6 Å². The Morgan fingerprint density at radius 3 is 2.91 bits per heavy atom. The van der Waals surface area contributed by atoms with Crippen LogP contribution in [0.5, 0.6) is 0 Å². The normalized spacial score (nSPS) is 13.6. The largest absolute Gasteiger partial charge is 0.340 e. The smallest absolute Gasteiger partial charge is 0.254 e. The molecule has 1 N–H and O–H groups in total. The Hall–Kier alpha value is -2.14. The Kier molecular flexibility index (Phi) is 3.04. The molecule has 0 unspecified atom stereocenters. The monoisotopic (exact) mass is 313 g/mol. The lowest BCUT2D eigenvalue weighted by molar-refractivity contribution is 0.899. The molecule has 0 spiro atoms. The average molecular weight is 314 g/mol. The maximum absolute atomic E-state index is 6.23. The Morgan fingerprint density at radius 2 is 2.05 bits per heavy atom. The topological polar surface area (TPSA) is 55.1 Å². The molecule has 0 saturated heterocycles. The predicted octanol–water partition coefficient (Wildman–Crippen LogP) is 3.63. The van der Waals surface area contributed by atoms with E-state index in [1.807, 2.05) is 32.0 Å². The Bertz CT molecular complexity index is 884. The van der Waals surface area contributed by atoms with E-state index in [0.717, 1.165) is 52.9 Å². The van der Waals surface area contributed by atoms with Crippen molar-refractivity contribution in [3.05, 3.63) is 45.9 Å². The van der Waals surface area contributed by atoms with E-state index in [1.54, 1.807) is 4.52 Å². The van der Waals surface area contributed by atoms with Gasteiger partial charge in [0.25, 0.3) is 5.78 Å². The lowest BCUT2D eigenvalue weighted by Gasteiger charge is -2.14. The van der Waals surface area contributed by atoms with Crippen molar-refractivity contribution in [3.63, 3.8) is 0 Å². The van der Waals surface area contributed by atoms with Crippen molar-refractivity contribution in [2.45, 2.75) is 33.1 Å². The second kappa shape index (κ2) is 4.95. The number of rotatable bonds is 2. The van der Waals surface area contributed by atoms with Gasteiger partial charge in [-0.1, -0.05) is 17.7 Å². The number of anilines is 2. The van der Waals surface area contributed by atoms with E-state index >= 15 is 0 Å². The van der Waals surface area contributed by atoms with Gasteiger partial charge in [0.05, 0.1) is 5.69 Å². The quantitative estimate of drug-likeness (QED) is 0.785. The molecule has 1 aromatic carbocycles. The van der Waals surface area contributed by atoms with Gasteiger partial charge in [0.1, 0.15) is 11.6 Å². The minimum absolute atomic E-state index is 0.653. The highest BCUT2D eigenvalue weighted by Crippen LogP contribution is 2.32. The number of aryl methyl sites for hydroxylation is 2. The van der Waals surface area contributed by atoms with Crippen LogP contribution in [0.3, 0.4) is 0 Å². The highest BCUT2D eigenvalue weighted by Gasteiger charge is 2.22. The van der Waals surface area contributed by atoms with Gasteiger partial charge in [0.15, 0.2) is 0 Å². The molecule has 1 aliphatic carbocycles. The van der Waals surface area contributed by atoms with Crippen LogP contribution in [0.25, 0.3) is 5.78 Å². The highest BCUT2D eigenvalue weighted by atomic mass is 35.5. The van der Waals surface area contributed by atoms with E-state index in [2.05, 4.69) is 20.4 Å². The lowest BCUT2D eigenvalue weighted by Crippen LogP contribution is -2.07. The molecule has 5 nitrogen and oxygen atoms in total. The second-order valence-electron chi connectivity index (χ2n) is 5.65. The fraction of sp³-hybridized carbons (Fsp3) is 0.312. The van der Waals surface area contributed by atoms with Crippen molar-refractivity contribution < 1.29 is 0 Å². The highest BCUT2D eigenvalue weighted by molar-refractivity contribution is 6.31. The van der Waals surface area contributed by atoms with Crippen LogP contribution in [0.2, 0.25) is 5.02 Å². The van der Waals surface area contributed by atoms with Crippen molar-refractivity contribution in [2.24, 2.45) is 0 Å². The molecule has 2 heterocycles. The summed E-state index contributed by atoms with van der Waals surface area (Å²) < 4.78 is 1.81.